The van der Waals surface area contributed by atoms with E-state index in [9.17, 15) is 0 Å². The normalized spacial score (nSPS) is 28.9. The van der Waals surface area contributed by atoms with E-state index in [0.717, 1.165) is 6.54 Å². The van der Waals surface area contributed by atoms with Gasteiger partial charge in [0.2, 0.25) is 0 Å². The van der Waals surface area contributed by atoms with E-state index in [1.54, 1.807) is 0 Å². The molecule has 1 heterocycles. The van der Waals surface area contributed by atoms with Gasteiger partial charge in [-0.1, -0.05) is 11.6 Å². The lowest BCUT2D eigenvalue weighted by atomic mass is 10.7. The van der Waals surface area contributed by atoms with Crippen molar-refractivity contribution in [3.8, 4) is 0 Å². The van der Waals surface area contributed by atoms with Crippen LogP contribution in [-0.4, -0.2) is 25.6 Å². The quantitative estimate of drug-likeness (QED) is 0.548. The smallest absolute Gasteiger partial charge is 0.173 e. The van der Waals surface area contributed by atoms with Crippen LogP contribution in [0.5, 0.6) is 0 Å². The second-order valence-corrected chi connectivity index (χ2v) is 1.69. The predicted molar refractivity (Wildman–Crippen MR) is 29.5 cm³/mol. The molecule has 0 spiro atoms. The first kappa shape index (κ1) is 6.29. The second kappa shape index (κ2) is 3.25. The van der Waals surface area contributed by atoms with E-state index in [1.165, 1.54) is 0 Å². The summed E-state index contributed by atoms with van der Waals surface area (Å²) in [6.07, 6.45) is -0.132. The fourth-order valence-corrected chi connectivity index (χ4v) is 0.705. The largest absolute Gasteiger partial charge is 0.336 e. The lowest BCUT2D eigenvalue weighted by Crippen LogP contribution is -2.16. The third kappa shape index (κ3) is 1.59. The fraction of sp³-hybridized carbons (Fsp3) is 1.00. The van der Waals surface area contributed by atoms with Crippen LogP contribution in [0.3, 0.4) is 0 Å². The van der Waals surface area contributed by atoms with Gasteiger partial charge in [-0.25, -0.2) is 0 Å². The van der Waals surface area contributed by atoms with Crippen molar-refractivity contribution in [3.05, 3.63) is 0 Å². The number of alkyl halides is 1. The third-order valence-corrected chi connectivity index (χ3v) is 1.06. The summed E-state index contributed by atoms with van der Waals surface area (Å²) in [6, 6.07) is 0.201. The van der Waals surface area contributed by atoms with Gasteiger partial charge in [-0.3, -0.25) is 5.32 Å². The predicted octanol–water partition coefficient (Wildman–Crippen LogP) is 0.103. The Labute approximate surface area is 52.9 Å². The maximum absolute atomic E-state index is 5.25. The van der Waals surface area contributed by atoms with Gasteiger partial charge in [0, 0.05) is 6.54 Å². The monoisotopic (exact) mass is 137 g/mol. The number of hydrogen-bond acceptors (Lipinski definition) is 3. The van der Waals surface area contributed by atoms with Crippen LogP contribution in [0.2, 0.25) is 0 Å². The molecule has 0 amide bonds. The summed E-state index contributed by atoms with van der Waals surface area (Å²) in [5.74, 6) is 0. The van der Waals surface area contributed by atoms with Gasteiger partial charge in [-0.05, 0) is 0 Å². The highest BCUT2D eigenvalue weighted by atomic mass is 35.5. The summed E-state index contributed by atoms with van der Waals surface area (Å²) >= 11 is 5.25. The topological polar surface area (TPSA) is 30.5 Å². The van der Waals surface area contributed by atoms with Gasteiger partial charge in [-0.2, -0.15) is 0 Å². The number of ether oxygens (including phenoxy) is 2. The van der Waals surface area contributed by atoms with Crippen LogP contribution in [0.25, 0.3) is 0 Å². The van der Waals surface area contributed by atoms with Crippen molar-refractivity contribution in [1.82, 2.24) is 5.32 Å². The summed E-state index contributed by atoms with van der Waals surface area (Å²) in [6.45, 7) is 1.31. The molecule has 4 heteroatoms. The zero-order valence-electron chi connectivity index (χ0n) is 4.39. The summed E-state index contributed by atoms with van der Waals surface area (Å²) < 4.78 is 9.86. The molecule has 0 saturated carbocycles. The minimum atomic E-state index is -0.132. The molecule has 48 valence electrons. The first-order valence-corrected chi connectivity index (χ1v) is 2.97. The average Bonchev–Trinajstić information content (AvgIpc) is 2.19. The van der Waals surface area contributed by atoms with Crippen molar-refractivity contribution in [2.75, 3.05) is 19.3 Å². The Kier molecular flexibility index (Phi) is 2.55. The van der Waals surface area contributed by atoms with Gasteiger partial charge < -0.3 is 9.47 Å². The molecule has 1 aliphatic heterocycles. The van der Waals surface area contributed by atoms with E-state index in [0.29, 0.717) is 6.73 Å². The van der Waals surface area contributed by atoms with Crippen molar-refractivity contribution in [1.29, 1.82) is 0 Å². The van der Waals surface area contributed by atoms with E-state index in [2.05, 4.69) is 5.32 Å². The van der Waals surface area contributed by atoms with E-state index in [1.807, 2.05) is 0 Å². The highest BCUT2D eigenvalue weighted by Crippen LogP contribution is 1.98. The van der Waals surface area contributed by atoms with Crippen molar-refractivity contribution < 1.29 is 9.47 Å². The Morgan fingerprint density at radius 3 is 3.25 bits per heavy atom. The third-order valence-electron chi connectivity index (χ3n) is 0.931. The van der Waals surface area contributed by atoms with Crippen LogP contribution >= 0.6 is 11.6 Å². The zero-order chi connectivity index (χ0) is 5.82. The van der Waals surface area contributed by atoms with E-state index in [4.69, 9.17) is 21.1 Å². The van der Waals surface area contributed by atoms with Gasteiger partial charge in [-0.15, -0.1) is 0 Å². The minimum absolute atomic E-state index is 0.132. The second-order valence-electron chi connectivity index (χ2n) is 1.47. The Morgan fingerprint density at radius 2 is 2.75 bits per heavy atom. The zero-order valence-corrected chi connectivity index (χ0v) is 5.15. The Bertz CT molecular complexity index is 65.1. The highest BCUT2D eigenvalue weighted by molar-refractivity contribution is 6.17. The summed E-state index contributed by atoms with van der Waals surface area (Å²) in [4.78, 5) is 0. The van der Waals surface area contributed by atoms with Gasteiger partial charge in [0.1, 0.15) is 6.07 Å². The molecule has 1 rings (SSSR count). The molecular formula is C4H8ClNO2. The van der Waals surface area contributed by atoms with Crippen LogP contribution in [0.4, 0.5) is 0 Å². The molecule has 8 heavy (non-hydrogen) atoms. The maximum Gasteiger partial charge on any atom is 0.173 e. The number of rotatable bonds is 2. The van der Waals surface area contributed by atoms with Gasteiger partial charge in [0.05, 0.1) is 6.73 Å². The molecular weight excluding hydrogens is 130 g/mol. The van der Waals surface area contributed by atoms with E-state index >= 15 is 0 Å². The van der Waals surface area contributed by atoms with Gasteiger partial charge in [0.25, 0.3) is 0 Å². The molecule has 0 aromatic heterocycles. The molecule has 0 aromatic rings. The fourth-order valence-electron chi connectivity index (χ4n) is 0.565. The molecule has 1 aliphatic rings. The Hall–Kier alpha value is 0.170. The number of hydrogen-bond donors (Lipinski definition) is 1. The minimum Gasteiger partial charge on any atom is -0.336 e. The lowest BCUT2D eigenvalue weighted by molar-refractivity contribution is -0.0885. The molecule has 0 aliphatic carbocycles. The average molecular weight is 138 g/mol. The van der Waals surface area contributed by atoms with Crippen molar-refractivity contribution in [2.24, 2.45) is 0 Å². The first-order chi connectivity index (χ1) is 3.93. The maximum atomic E-state index is 5.25. The van der Waals surface area contributed by atoms with Crippen LogP contribution in [0.15, 0.2) is 0 Å². The van der Waals surface area contributed by atoms with Crippen LogP contribution in [0.1, 0.15) is 0 Å². The van der Waals surface area contributed by atoms with Gasteiger partial charge >= 0.3 is 0 Å². The molecule has 1 unspecified atom stereocenters. The summed E-state index contributed by atoms with van der Waals surface area (Å²) in [5, 5.41) is 2.95. The molecule has 0 radical (unpaired) electrons. The Balaban J connectivity index is 2.06. The SMILES string of the molecule is ClCOC1CNCO1. The number of halogens is 1. The summed E-state index contributed by atoms with van der Waals surface area (Å²) in [5.41, 5.74) is 0. The van der Waals surface area contributed by atoms with E-state index in [-0.39, 0.29) is 12.4 Å². The van der Waals surface area contributed by atoms with Crippen molar-refractivity contribution >= 4 is 11.6 Å². The molecule has 0 aromatic carbocycles. The molecule has 1 fully saturated rings. The van der Waals surface area contributed by atoms with Crippen molar-refractivity contribution in [3.63, 3.8) is 0 Å². The molecule has 1 atom stereocenters. The van der Waals surface area contributed by atoms with E-state index < -0.39 is 0 Å². The number of nitrogens with one attached hydrogen (secondary N) is 1. The molecule has 1 N–H and O–H groups in total. The van der Waals surface area contributed by atoms with Crippen LogP contribution in [-0.2, 0) is 9.47 Å². The molecule has 1 saturated heterocycles. The van der Waals surface area contributed by atoms with Crippen molar-refractivity contribution in [2.45, 2.75) is 6.29 Å². The first-order valence-electron chi connectivity index (χ1n) is 2.43. The van der Waals surface area contributed by atoms with Crippen LogP contribution in [0, 0.1) is 0 Å². The van der Waals surface area contributed by atoms with Gasteiger partial charge in [0.15, 0.2) is 6.29 Å². The van der Waals surface area contributed by atoms with Crippen LogP contribution < -0.4 is 5.32 Å². The Morgan fingerprint density at radius 1 is 1.88 bits per heavy atom. The molecule has 0 bridgehead atoms. The standard InChI is InChI=1S/C4H8ClNO2/c5-2-7-4-1-6-3-8-4/h4,6H,1-3H2. The highest BCUT2D eigenvalue weighted by Gasteiger charge is 2.13. The lowest BCUT2D eigenvalue weighted by Gasteiger charge is -2.04. The summed E-state index contributed by atoms with van der Waals surface area (Å²) in [7, 11) is 0. The molecule has 3 nitrogen and oxygen atoms in total.